The predicted octanol–water partition coefficient (Wildman–Crippen LogP) is 2.89. The Morgan fingerprint density at radius 1 is 1.08 bits per heavy atom. The highest BCUT2D eigenvalue weighted by Gasteiger charge is 2.50. The van der Waals surface area contributed by atoms with Gasteiger partial charge in [-0.25, -0.2) is 0 Å². The van der Waals surface area contributed by atoms with Crippen molar-refractivity contribution < 1.29 is 9.72 Å². The Labute approximate surface area is 145 Å². The molecule has 4 rings (SSSR count). The van der Waals surface area contributed by atoms with Gasteiger partial charge in [0.1, 0.15) is 0 Å². The lowest BCUT2D eigenvalue weighted by atomic mass is 9.68. The van der Waals surface area contributed by atoms with Crippen LogP contribution in [0.4, 0.5) is 11.4 Å². The Hall–Kier alpha value is -2.73. The number of nitro groups is 1. The molecular formula is C19H19N3O3. The van der Waals surface area contributed by atoms with Gasteiger partial charge in [-0.15, -0.1) is 0 Å². The minimum absolute atomic E-state index is 0.00389. The number of anilines is 1. The summed E-state index contributed by atoms with van der Waals surface area (Å²) < 4.78 is 0. The molecule has 0 radical (unpaired) electrons. The SMILES string of the molecule is O=C(c1ccc([N+](=O)[O-])cc1)C1Nc2ccccc2C12CCNCC2. The second kappa shape index (κ2) is 5.97. The number of nitrogens with zero attached hydrogens (tertiary/aromatic N) is 1. The van der Waals surface area contributed by atoms with Crippen molar-refractivity contribution in [3.8, 4) is 0 Å². The lowest BCUT2D eigenvalue weighted by molar-refractivity contribution is -0.384. The van der Waals surface area contributed by atoms with Crippen molar-refractivity contribution in [1.82, 2.24) is 5.32 Å². The number of Topliss-reactive ketones (excluding diaryl/α,β-unsaturated/α-hetero) is 1. The average Bonchev–Trinajstić information content (AvgIpc) is 2.96. The van der Waals surface area contributed by atoms with Crippen LogP contribution in [0.2, 0.25) is 0 Å². The molecule has 2 aromatic rings. The number of carbonyl (C=O) groups excluding carboxylic acids is 1. The zero-order chi connectivity index (χ0) is 17.4. The van der Waals surface area contributed by atoms with Crippen LogP contribution in [0.5, 0.6) is 0 Å². The van der Waals surface area contributed by atoms with E-state index in [4.69, 9.17) is 0 Å². The monoisotopic (exact) mass is 337 g/mol. The zero-order valence-electron chi connectivity index (χ0n) is 13.7. The van der Waals surface area contributed by atoms with Crippen LogP contribution >= 0.6 is 0 Å². The van der Waals surface area contributed by atoms with E-state index in [0.717, 1.165) is 31.6 Å². The van der Waals surface area contributed by atoms with Gasteiger partial charge in [0.2, 0.25) is 0 Å². The minimum atomic E-state index is -0.452. The largest absolute Gasteiger partial charge is 0.374 e. The van der Waals surface area contributed by atoms with E-state index < -0.39 is 4.92 Å². The van der Waals surface area contributed by atoms with Gasteiger partial charge in [0, 0.05) is 28.8 Å². The van der Waals surface area contributed by atoms with E-state index in [0.29, 0.717) is 5.56 Å². The summed E-state index contributed by atoms with van der Waals surface area (Å²) in [5, 5.41) is 17.6. The minimum Gasteiger partial charge on any atom is -0.374 e. The van der Waals surface area contributed by atoms with E-state index in [1.807, 2.05) is 18.2 Å². The molecule has 1 saturated heterocycles. The first-order valence-corrected chi connectivity index (χ1v) is 8.47. The number of non-ortho nitro benzene ring substituents is 1. The van der Waals surface area contributed by atoms with E-state index in [1.165, 1.54) is 17.7 Å². The normalized spacial score (nSPS) is 20.7. The number of ketones is 1. The number of nitro benzene ring substituents is 1. The van der Waals surface area contributed by atoms with E-state index >= 15 is 0 Å². The molecule has 2 aliphatic rings. The van der Waals surface area contributed by atoms with Gasteiger partial charge < -0.3 is 10.6 Å². The number of benzene rings is 2. The van der Waals surface area contributed by atoms with Gasteiger partial charge in [0.15, 0.2) is 5.78 Å². The summed E-state index contributed by atoms with van der Waals surface area (Å²) in [7, 11) is 0. The molecule has 2 aromatic carbocycles. The van der Waals surface area contributed by atoms with Gasteiger partial charge in [-0.05, 0) is 49.7 Å². The van der Waals surface area contributed by atoms with Crippen LogP contribution in [0.1, 0.15) is 28.8 Å². The maximum absolute atomic E-state index is 13.2. The van der Waals surface area contributed by atoms with Gasteiger partial charge in [0.25, 0.3) is 5.69 Å². The van der Waals surface area contributed by atoms with Gasteiger partial charge >= 0.3 is 0 Å². The van der Waals surface area contributed by atoms with E-state index in [9.17, 15) is 14.9 Å². The fourth-order valence-corrected chi connectivity index (χ4v) is 4.15. The van der Waals surface area contributed by atoms with Crippen LogP contribution in [0.25, 0.3) is 0 Å². The van der Waals surface area contributed by atoms with Crippen molar-refractivity contribution in [1.29, 1.82) is 0 Å². The van der Waals surface area contributed by atoms with Crippen molar-refractivity contribution in [3.63, 3.8) is 0 Å². The highest BCUT2D eigenvalue weighted by atomic mass is 16.6. The van der Waals surface area contributed by atoms with E-state index in [1.54, 1.807) is 12.1 Å². The number of fused-ring (bicyclic) bond motifs is 2. The molecule has 1 spiro atoms. The second-order valence-electron chi connectivity index (χ2n) is 6.70. The third-order valence-corrected chi connectivity index (χ3v) is 5.44. The van der Waals surface area contributed by atoms with Gasteiger partial charge in [0.05, 0.1) is 11.0 Å². The summed E-state index contributed by atoms with van der Waals surface area (Å²) in [6, 6.07) is 13.7. The third kappa shape index (κ3) is 2.49. The second-order valence-corrected chi connectivity index (χ2v) is 6.70. The predicted molar refractivity (Wildman–Crippen MR) is 95.1 cm³/mol. The maximum atomic E-state index is 13.2. The zero-order valence-corrected chi connectivity index (χ0v) is 13.7. The molecule has 2 N–H and O–H groups in total. The number of hydrogen-bond acceptors (Lipinski definition) is 5. The first-order valence-electron chi connectivity index (χ1n) is 8.47. The number of carbonyl (C=O) groups is 1. The standard InChI is InChI=1S/C19H19N3O3/c23-17(13-5-7-14(8-6-13)22(24)25)18-19(9-11-20-12-10-19)15-3-1-2-4-16(15)21-18/h1-8,18,20-21H,9-12H2. The summed E-state index contributed by atoms with van der Waals surface area (Å²) in [5.41, 5.74) is 2.51. The Bertz CT molecular complexity index is 826. The molecular weight excluding hydrogens is 318 g/mol. The Balaban J connectivity index is 1.71. The molecule has 2 heterocycles. The molecule has 0 amide bonds. The van der Waals surface area contributed by atoms with Gasteiger partial charge in [-0.1, -0.05) is 18.2 Å². The van der Waals surface area contributed by atoms with Crippen molar-refractivity contribution >= 4 is 17.2 Å². The molecule has 2 aliphatic heterocycles. The quantitative estimate of drug-likeness (QED) is 0.511. The molecule has 0 bridgehead atoms. The molecule has 128 valence electrons. The fourth-order valence-electron chi connectivity index (χ4n) is 4.15. The maximum Gasteiger partial charge on any atom is 0.269 e. The molecule has 0 saturated carbocycles. The van der Waals surface area contributed by atoms with Crippen LogP contribution in [0, 0.1) is 10.1 Å². The van der Waals surface area contributed by atoms with Crippen molar-refractivity contribution in [2.75, 3.05) is 18.4 Å². The summed E-state index contributed by atoms with van der Waals surface area (Å²) >= 11 is 0. The van der Waals surface area contributed by atoms with Gasteiger partial charge in [-0.3, -0.25) is 14.9 Å². The van der Waals surface area contributed by atoms with Crippen LogP contribution < -0.4 is 10.6 Å². The molecule has 0 aliphatic carbocycles. The van der Waals surface area contributed by atoms with E-state index in [-0.39, 0.29) is 22.9 Å². The Morgan fingerprint density at radius 2 is 1.76 bits per heavy atom. The number of nitrogens with one attached hydrogen (secondary N) is 2. The summed E-state index contributed by atoms with van der Waals surface area (Å²) in [4.78, 5) is 23.6. The molecule has 0 aromatic heterocycles. The Morgan fingerprint density at radius 3 is 2.44 bits per heavy atom. The lowest BCUT2D eigenvalue weighted by Gasteiger charge is -2.38. The molecule has 1 unspecified atom stereocenters. The van der Waals surface area contributed by atoms with Crippen molar-refractivity contribution in [3.05, 3.63) is 69.8 Å². The molecule has 1 fully saturated rings. The Kier molecular flexibility index (Phi) is 3.77. The number of para-hydroxylation sites is 1. The number of rotatable bonds is 3. The van der Waals surface area contributed by atoms with E-state index in [2.05, 4.69) is 16.7 Å². The third-order valence-electron chi connectivity index (χ3n) is 5.44. The number of piperidine rings is 1. The average molecular weight is 337 g/mol. The highest BCUT2D eigenvalue weighted by molar-refractivity contribution is 6.04. The molecule has 25 heavy (non-hydrogen) atoms. The molecule has 6 heteroatoms. The van der Waals surface area contributed by atoms with Crippen LogP contribution in [0.3, 0.4) is 0 Å². The molecule has 6 nitrogen and oxygen atoms in total. The smallest absolute Gasteiger partial charge is 0.269 e. The topological polar surface area (TPSA) is 84.3 Å². The number of hydrogen-bond donors (Lipinski definition) is 2. The lowest BCUT2D eigenvalue weighted by Crippen LogP contribution is -2.50. The van der Waals surface area contributed by atoms with Crippen LogP contribution in [-0.4, -0.2) is 29.8 Å². The fraction of sp³-hybridized carbons (Fsp3) is 0.316. The summed E-state index contributed by atoms with van der Waals surface area (Å²) in [5.74, 6) is -0.00648. The first kappa shape index (κ1) is 15.8. The van der Waals surface area contributed by atoms with Crippen LogP contribution in [-0.2, 0) is 5.41 Å². The summed E-state index contributed by atoms with van der Waals surface area (Å²) in [6.07, 6.45) is 1.78. The van der Waals surface area contributed by atoms with Gasteiger partial charge in [-0.2, -0.15) is 0 Å². The van der Waals surface area contributed by atoms with Crippen LogP contribution in [0.15, 0.2) is 48.5 Å². The van der Waals surface area contributed by atoms with Crippen molar-refractivity contribution in [2.24, 2.45) is 0 Å². The summed E-state index contributed by atoms with van der Waals surface area (Å²) in [6.45, 7) is 1.75. The van der Waals surface area contributed by atoms with Crippen molar-refractivity contribution in [2.45, 2.75) is 24.3 Å². The first-order chi connectivity index (χ1) is 12.1. The molecule has 1 atom stereocenters. The highest BCUT2D eigenvalue weighted by Crippen LogP contribution is 2.47.